The molecule has 20 heavy (non-hydrogen) atoms. The van der Waals surface area contributed by atoms with Crippen LogP contribution in [-0.4, -0.2) is 0 Å². The molecule has 0 amide bonds. The molecule has 0 aromatic heterocycles. The quantitative estimate of drug-likeness (QED) is 0.587. The van der Waals surface area contributed by atoms with Crippen molar-refractivity contribution in [3.8, 4) is 0 Å². The summed E-state index contributed by atoms with van der Waals surface area (Å²) in [6.45, 7) is 0. The topological polar surface area (TPSA) is 0 Å². The Labute approximate surface area is 119 Å². The predicted molar refractivity (Wildman–Crippen MR) is 83.0 cm³/mol. The Morgan fingerprint density at radius 1 is 0.950 bits per heavy atom. The third kappa shape index (κ3) is 1.13. The Balaban J connectivity index is 1.84. The lowest BCUT2D eigenvalue weighted by Gasteiger charge is -2.49. The molecule has 0 heterocycles. The van der Waals surface area contributed by atoms with Gasteiger partial charge in [0.15, 0.2) is 0 Å². The monoisotopic (exact) mass is 256 g/mol. The zero-order valence-electron chi connectivity index (χ0n) is 11.3. The van der Waals surface area contributed by atoms with Crippen molar-refractivity contribution in [2.24, 2.45) is 11.3 Å². The molecule has 0 aromatic rings. The molecule has 0 bridgehead atoms. The summed E-state index contributed by atoms with van der Waals surface area (Å²) in [6, 6.07) is 0. The van der Waals surface area contributed by atoms with Gasteiger partial charge in [0.05, 0.1) is 0 Å². The van der Waals surface area contributed by atoms with Gasteiger partial charge in [-0.25, -0.2) is 0 Å². The van der Waals surface area contributed by atoms with Crippen molar-refractivity contribution < 1.29 is 0 Å². The van der Waals surface area contributed by atoms with E-state index < -0.39 is 0 Å². The minimum Gasteiger partial charge on any atom is -0.0795 e. The summed E-state index contributed by atoms with van der Waals surface area (Å²) >= 11 is 0. The van der Waals surface area contributed by atoms with E-state index in [1.807, 2.05) is 0 Å². The first-order valence-electron chi connectivity index (χ1n) is 7.45. The number of rotatable bonds is 0. The van der Waals surface area contributed by atoms with Crippen LogP contribution in [0.5, 0.6) is 0 Å². The number of hydrogen-bond donors (Lipinski definition) is 0. The molecule has 0 radical (unpaired) electrons. The standard InChI is InChI=1S/C20H16/c1-2-12-20-13-11-15-5-3-4-14-7-8-16(19(20)18(14)15)9-10-17(20)6-1/h1-3,5-8,10-13,19H,4,9H2. The van der Waals surface area contributed by atoms with Gasteiger partial charge < -0.3 is 0 Å². The van der Waals surface area contributed by atoms with Gasteiger partial charge in [-0.1, -0.05) is 72.4 Å². The molecule has 2 unspecified atom stereocenters. The van der Waals surface area contributed by atoms with E-state index in [9.17, 15) is 0 Å². The minimum atomic E-state index is 0.0718. The van der Waals surface area contributed by atoms with Crippen LogP contribution in [-0.2, 0) is 0 Å². The minimum absolute atomic E-state index is 0.0718. The van der Waals surface area contributed by atoms with Crippen LogP contribution in [0.2, 0.25) is 0 Å². The van der Waals surface area contributed by atoms with Crippen LogP contribution >= 0.6 is 0 Å². The largest absolute Gasteiger partial charge is 0.0795 e. The van der Waals surface area contributed by atoms with Crippen molar-refractivity contribution in [3.05, 3.63) is 94.7 Å². The zero-order valence-corrected chi connectivity index (χ0v) is 11.3. The van der Waals surface area contributed by atoms with Gasteiger partial charge in [-0.05, 0) is 35.1 Å². The van der Waals surface area contributed by atoms with Crippen LogP contribution in [0.25, 0.3) is 0 Å². The first kappa shape index (κ1) is 10.7. The normalized spacial score (nSPS) is 35.2. The molecule has 0 aliphatic heterocycles. The second kappa shape index (κ2) is 3.52. The van der Waals surface area contributed by atoms with E-state index in [1.165, 1.54) is 16.7 Å². The lowest BCUT2D eigenvalue weighted by atomic mass is 9.54. The fraction of sp³-hybridized carbons (Fsp3) is 0.200. The Morgan fingerprint density at radius 2 is 1.95 bits per heavy atom. The molecule has 5 aliphatic carbocycles. The highest BCUT2D eigenvalue weighted by Crippen LogP contribution is 2.58. The fourth-order valence-corrected chi connectivity index (χ4v) is 4.40. The molecule has 2 atom stereocenters. The van der Waals surface area contributed by atoms with Crippen molar-refractivity contribution >= 4 is 0 Å². The van der Waals surface area contributed by atoms with Gasteiger partial charge in [-0.2, -0.15) is 0 Å². The van der Waals surface area contributed by atoms with Gasteiger partial charge >= 0.3 is 0 Å². The summed E-state index contributed by atoms with van der Waals surface area (Å²) < 4.78 is 0. The van der Waals surface area contributed by atoms with Gasteiger partial charge in [-0.3, -0.25) is 0 Å². The van der Waals surface area contributed by atoms with E-state index in [4.69, 9.17) is 0 Å². The lowest BCUT2D eigenvalue weighted by Crippen LogP contribution is -2.38. The van der Waals surface area contributed by atoms with Crippen molar-refractivity contribution in [1.29, 1.82) is 0 Å². The van der Waals surface area contributed by atoms with Crippen LogP contribution in [0.15, 0.2) is 94.7 Å². The van der Waals surface area contributed by atoms with Gasteiger partial charge in [0.1, 0.15) is 0 Å². The van der Waals surface area contributed by atoms with E-state index in [2.05, 4.69) is 66.8 Å². The molecule has 5 rings (SSSR count). The third-order valence-electron chi connectivity index (χ3n) is 5.28. The van der Waals surface area contributed by atoms with Crippen LogP contribution in [0.4, 0.5) is 0 Å². The molecule has 96 valence electrons. The summed E-state index contributed by atoms with van der Waals surface area (Å²) in [6.07, 6.45) is 27.8. The summed E-state index contributed by atoms with van der Waals surface area (Å²) in [5.41, 5.74) is 7.64. The molecule has 0 nitrogen and oxygen atoms in total. The van der Waals surface area contributed by atoms with Crippen LogP contribution in [0.3, 0.4) is 0 Å². The van der Waals surface area contributed by atoms with Crippen molar-refractivity contribution in [2.75, 3.05) is 0 Å². The number of allylic oxidation sites excluding steroid dienone is 16. The van der Waals surface area contributed by atoms with Crippen LogP contribution in [0.1, 0.15) is 12.8 Å². The molecule has 0 saturated carbocycles. The van der Waals surface area contributed by atoms with Crippen molar-refractivity contribution in [3.63, 3.8) is 0 Å². The predicted octanol–water partition coefficient (Wildman–Crippen LogP) is 4.74. The zero-order chi connectivity index (χ0) is 13.2. The van der Waals surface area contributed by atoms with Gasteiger partial charge in [0, 0.05) is 11.3 Å². The summed E-state index contributed by atoms with van der Waals surface area (Å²) in [4.78, 5) is 0. The van der Waals surface area contributed by atoms with Crippen molar-refractivity contribution in [1.82, 2.24) is 0 Å². The molecule has 0 saturated heterocycles. The Hall–Kier alpha value is -2.08. The second-order valence-corrected chi connectivity index (χ2v) is 6.19. The van der Waals surface area contributed by atoms with E-state index in [1.54, 1.807) is 11.1 Å². The van der Waals surface area contributed by atoms with E-state index in [-0.39, 0.29) is 5.41 Å². The fourth-order valence-electron chi connectivity index (χ4n) is 4.40. The first-order chi connectivity index (χ1) is 9.88. The molecule has 0 fully saturated rings. The molecule has 0 aromatic carbocycles. The van der Waals surface area contributed by atoms with E-state index in [0.717, 1.165) is 12.8 Å². The van der Waals surface area contributed by atoms with Gasteiger partial charge in [0.2, 0.25) is 0 Å². The highest BCUT2D eigenvalue weighted by atomic mass is 14.5. The molecule has 5 aliphatic rings. The van der Waals surface area contributed by atoms with Crippen molar-refractivity contribution in [2.45, 2.75) is 12.8 Å². The Morgan fingerprint density at radius 3 is 2.95 bits per heavy atom. The Kier molecular flexibility index (Phi) is 1.88. The van der Waals surface area contributed by atoms with Gasteiger partial charge in [0.25, 0.3) is 0 Å². The molecular weight excluding hydrogens is 240 g/mol. The smallest absolute Gasteiger partial charge is 0.0421 e. The van der Waals surface area contributed by atoms with E-state index in [0.29, 0.717) is 5.92 Å². The van der Waals surface area contributed by atoms with Gasteiger partial charge in [-0.15, -0.1) is 0 Å². The molecule has 1 spiro atoms. The second-order valence-electron chi connectivity index (χ2n) is 6.19. The average molecular weight is 256 g/mol. The summed E-state index contributed by atoms with van der Waals surface area (Å²) in [5, 5.41) is 0. The summed E-state index contributed by atoms with van der Waals surface area (Å²) in [5.74, 6) is 0.522. The maximum Gasteiger partial charge on any atom is 0.0421 e. The first-order valence-corrected chi connectivity index (χ1v) is 7.45. The lowest BCUT2D eigenvalue weighted by molar-refractivity contribution is 0.427. The molecule has 0 heteroatoms. The van der Waals surface area contributed by atoms with E-state index >= 15 is 0 Å². The molecular formula is C20H16. The number of hydrogen-bond acceptors (Lipinski definition) is 0. The van der Waals surface area contributed by atoms with Crippen LogP contribution in [0, 0.1) is 11.3 Å². The van der Waals surface area contributed by atoms with Crippen LogP contribution < -0.4 is 0 Å². The Bertz CT molecular complexity index is 756. The highest BCUT2D eigenvalue weighted by molar-refractivity contribution is 5.66. The highest BCUT2D eigenvalue weighted by Gasteiger charge is 2.47. The maximum absolute atomic E-state index is 2.42. The summed E-state index contributed by atoms with van der Waals surface area (Å²) in [7, 11) is 0. The average Bonchev–Trinajstić information content (AvgIpc) is 2.52. The molecule has 0 N–H and O–H groups in total. The SMILES string of the molecule is C1=CC2=CCC3=CC=C4CC=CC5=C4C3C2(C=C1)C=C5. The maximum atomic E-state index is 2.42. The third-order valence-corrected chi connectivity index (χ3v) is 5.28.